The highest BCUT2D eigenvalue weighted by molar-refractivity contribution is 7.92. The van der Waals surface area contributed by atoms with E-state index in [4.69, 9.17) is 34.8 Å². The van der Waals surface area contributed by atoms with Crippen LogP contribution < -0.4 is 9.62 Å². The van der Waals surface area contributed by atoms with Gasteiger partial charge in [-0.2, -0.15) is 0 Å². The first-order valence-corrected chi connectivity index (χ1v) is 15.4. The van der Waals surface area contributed by atoms with Crippen molar-refractivity contribution in [1.82, 2.24) is 10.2 Å². The van der Waals surface area contributed by atoms with Crippen LogP contribution in [-0.4, -0.2) is 50.5 Å². The molecule has 0 fully saturated rings. The molecule has 40 heavy (non-hydrogen) atoms. The lowest BCUT2D eigenvalue weighted by Gasteiger charge is -2.34. The highest BCUT2D eigenvalue weighted by Gasteiger charge is 2.33. The van der Waals surface area contributed by atoms with Gasteiger partial charge in [-0.1, -0.05) is 78.1 Å². The van der Waals surface area contributed by atoms with Crippen LogP contribution in [0.15, 0.2) is 66.7 Å². The maximum atomic E-state index is 14.0. The Hall–Kier alpha value is -2.85. The van der Waals surface area contributed by atoms with E-state index in [2.05, 4.69) is 5.32 Å². The fourth-order valence-electron chi connectivity index (χ4n) is 4.03. The molecule has 214 valence electrons. The Kier molecular flexibility index (Phi) is 11.2. The first-order chi connectivity index (χ1) is 18.9. The molecule has 0 radical (unpaired) electrons. The molecule has 0 unspecified atom stereocenters. The van der Waals surface area contributed by atoms with E-state index in [1.54, 1.807) is 18.2 Å². The number of sulfonamides is 1. The molecule has 3 rings (SSSR count). The number of hydrogen-bond acceptors (Lipinski definition) is 4. The van der Waals surface area contributed by atoms with E-state index in [-0.39, 0.29) is 33.7 Å². The number of rotatable bonds is 12. The summed E-state index contributed by atoms with van der Waals surface area (Å²) in [6.07, 6.45) is 1.73. The highest BCUT2D eigenvalue weighted by Crippen LogP contribution is 2.29. The van der Waals surface area contributed by atoms with E-state index < -0.39 is 40.2 Å². The van der Waals surface area contributed by atoms with Crippen LogP contribution in [0.1, 0.15) is 24.5 Å². The van der Waals surface area contributed by atoms with Gasteiger partial charge in [-0.25, -0.2) is 12.8 Å². The van der Waals surface area contributed by atoms with E-state index in [9.17, 15) is 22.4 Å². The van der Waals surface area contributed by atoms with Crippen LogP contribution in [0.25, 0.3) is 0 Å². The maximum Gasteiger partial charge on any atom is 0.244 e. The topological polar surface area (TPSA) is 86.8 Å². The number of anilines is 1. The van der Waals surface area contributed by atoms with Crippen molar-refractivity contribution in [3.63, 3.8) is 0 Å². The molecule has 0 saturated carbocycles. The molecule has 0 aromatic heterocycles. The number of carbonyl (C=O) groups is 2. The van der Waals surface area contributed by atoms with Crippen molar-refractivity contribution >= 4 is 62.3 Å². The molecule has 3 aromatic carbocycles. The van der Waals surface area contributed by atoms with Crippen molar-refractivity contribution in [3.8, 4) is 0 Å². The van der Waals surface area contributed by atoms with Crippen LogP contribution >= 0.6 is 34.8 Å². The summed E-state index contributed by atoms with van der Waals surface area (Å²) in [6, 6.07) is 16.3. The summed E-state index contributed by atoms with van der Waals surface area (Å²) in [5, 5.41) is 3.10. The van der Waals surface area contributed by atoms with Gasteiger partial charge in [0, 0.05) is 35.1 Å². The van der Waals surface area contributed by atoms with E-state index in [1.807, 2.05) is 37.3 Å². The van der Waals surface area contributed by atoms with Crippen LogP contribution in [0.5, 0.6) is 0 Å². The summed E-state index contributed by atoms with van der Waals surface area (Å²) in [4.78, 5) is 28.8. The minimum atomic E-state index is -4.03. The normalized spacial score (nSPS) is 12.1. The lowest BCUT2D eigenvalue weighted by Crippen LogP contribution is -2.53. The Morgan fingerprint density at radius 3 is 2.17 bits per heavy atom. The third-order valence-electron chi connectivity index (χ3n) is 6.08. The van der Waals surface area contributed by atoms with E-state index in [0.717, 1.165) is 28.3 Å². The van der Waals surface area contributed by atoms with Gasteiger partial charge >= 0.3 is 0 Å². The van der Waals surface area contributed by atoms with Crippen molar-refractivity contribution in [2.45, 2.75) is 32.4 Å². The molecule has 2 amide bonds. The zero-order chi connectivity index (χ0) is 29.4. The molecule has 0 aliphatic rings. The Morgan fingerprint density at radius 1 is 0.950 bits per heavy atom. The third kappa shape index (κ3) is 8.33. The molecule has 12 heteroatoms. The lowest BCUT2D eigenvalue weighted by molar-refractivity contribution is -0.140. The van der Waals surface area contributed by atoms with Crippen molar-refractivity contribution in [2.75, 3.05) is 23.7 Å². The molecule has 0 spiro atoms. The van der Waals surface area contributed by atoms with E-state index >= 15 is 0 Å². The quantitative estimate of drug-likeness (QED) is 0.278. The summed E-state index contributed by atoms with van der Waals surface area (Å²) >= 11 is 18.8. The molecule has 0 saturated heterocycles. The first-order valence-electron chi connectivity index (χ1n) is 12.4. The SMILES string of the molecule is CCCNC(=O)[C@H](Cc1ccccc1)N(Cc1c(Cl)cccc1Cl)C(=O)CN(c1ccc(F)c(Cl)c1)S(C)(=O)=O. The second-order valence-electron chi connectivity index (χ2n) is 9.09. The second kappa shape index (κ2) is 14.2. The Balaban J connectivity index is 2.10. The van der Waals surface area contributed by atoms with Crippen molar-refractivity contribution in [1.29, 1.82) is 0 Å². The van der Waals surface area contributed by atoms with Crippen LogP contribution in [0.2, 0.25) is 15.1 Å². The molecule has 0 aliphatic carbocycles. The van der Waals surface area contributed by atoms with Gasteiger partial charge in [-0.05, 0) is 42.3 Å². The Morgan fingerprint density at radius 2 is 1.60 bits per heavy atom. The zero-order valence-electron chi connectivity index (χ0n) is 21.9. The molecule has 3 aromatic rings. The van der Waals surface area contributed by atoms with Gasteiger partial charge in [0.1, 0.15) is 18.4 Å². The second-order valence-corrected chi connectivity index (χ2v) is 12.2. The largest absolute Gasteiger partial charge is 0.354 e. The molecule has 7 nitrogen and oxygen atoms in total. The fourth-order valence-corrected chi connectivity index (χ4v) is 5.56. The van der Waals surface area contributed by atoms with Gasteiger partial charge in [0.15, 0.2) is 0 Å². The summed E-state index contributed by atoms with van der Waals surface area (Å²) < 4.78 is 40.2. The molecular formula is C28H29Cl3FN3O4S. The molecule has 0 bridgehead atoms. The van der Waals surface area contributed by atoms with Crippen molar-refractivity contribution in [2.24, 2.45) is 0 Å². The average Bonchev–Trinajstić information content (AvgIpc) is 2.90. The van der Waals surface area contributed by atoms with Crippen molar-refractivity contribution in [3.05, 3.63) is 98.7 Å². The standard InChI is InChI=1S/C28H29Cl3FN3O4S/c1-3-14-33-28(37)26(15-19-8-5-4-6-9-19)34(17-21-22(29)10-7-11-23(21)30)27(36)18-35(40(2,38)39)20-12-13-25(32)24(31)16-20/h4-13,16,26H,3,14-15,17-18H2,1-2H3,(H,33,37)/t26-/m0/s1. The molecule has 0 aliphatic heterocycles. The van der Waals surface area contributed by atoms with E-state index in [1.165, 1.54) is 11.0 Å². The summed E-state index contributed by atoms with van der Waals surface area (Å²) in [5.74, 6) is -1.86. The number of carbonyl (C=O) groups excluding carboxylic acids is 2. The summed E-state index contributed by atoms with van der Waals surface area (Å²) in [7, 11) is -4.03. The monoisotopic (exact) mass is 627 g/mol. The Bertz CT molecular complexity index is 1440. The van der Waals surface area contributed by atoms with Crippen LogP contribution in [0.4, 0.5) is 10.1 Å². The first kappa shape index (κ1) is 31.7. The molecule has 1 atom stereocenters. The summed E-state index contributed by atoms with van der Waals surface area (Å²) in [5.41, 5.74) is 1.18. The molecule has 1 N–H and O–H groups in total. The molecular weight excluding hydrogens is 600 g/mol. The van der Waals surface area contributed by atoms with Gasteiger partial charge in [-0.3, -0.25) is 13.9 Å². The maximum absolute atomic E-state index is 14.0. The van der Waals surface area contributed by atoms with Gasteiger partial charge in [0.05, 0.1) is 17.0 Å². The lowest BCUT2D eigenvalue weighted by atomic mass is 10.0. The number of amides is 2. The third-order valence-corrected chi connectivity index (χ3v) is 8.22. The fraction of sp³-hybridized carbons (Fsp3) is 0.286. The number of benzene rings is 3. The van der Waals surface area contributed by atoms with Gasteiger partial charge in [0.2, 0.25) is 21.8 Å². The van der Waals surface area contributed by atoms with Gasteiger partial charge < -0.3 is 10.2 Å². The minimum absolute atomic E-state index is 0.00646. The van der Waals surface area contributed by atoms with Gasteiger partial charge in [-0.15, -0.1) is 0 Å². The minimum Gasteiger partial charge on any atom is -0.354 e. The average molecular weight is 629 g/mol. The molecule has 0 heterocycles. The number of nitrogens with one attached hydrogen (secondary N) is 1. The van der Waals surface area contributed by atoms with E-state index in [0.29, 0.717) is 18.5 Å². The smallest absolute Gasteiger partial charge is 0.244 e. The Labute approximate surface area is 248 Å². The highest BCUT2D eigenvalue weighted by atomic mass is 35.5. The van der Waals surface area contributed by atoms with Crippen molar-refractivity contribution < 1.29 is 22.4 Å². The number of halogens is 4. The van der Waals surface area contributed by atoms with Gasteiger partial charge in [0.25, 0.3) is 0 Å². The predicted molar refractivity (Wildman–Crippen MR) is 158 cm³/mol. The summed E-state index contributed by atoms with van der Waals surface area (Å²) in [6.45, 7) is 1.42. The van der Waals surface area contributed by atoms with Crippen LogP contribution in [-0.2, 0) is 32.6 Å². The van der Waals surface area contributed by atoms with Crippen LogP contribution in [0, 0.1) is 5.82 Å². The number of hydrogen-bond donors (Lipinski definition) is 1. The predicted octanol–water partition coefficient (Wildman–Crippen LogP) is 5.72. The zero-order valence-corrected chi connectivity index (χ0v) is 25.0. The number of nitrogens with zero attached hydrogens (tertiary/aromatic N) is 2. The van der Waals surface area contributed by atoms with Crippen LogP contribution in [0.3, 0.4) is 0 Å².